The summed E-state index contributed by atoms with van der Waals surface area (Å²) >= 11 is 3.36. The first-order chi connectivity index (χ1) is 8.44. The van der Waals surface area contributed by atoms with Gasteiger partial charge in [0.25, 0.3) is 0 Å². The van der Waals surface area contributed by atoms with Crippen LogP contribution in [-0.4, -0.2) is 44.2 Å². The third kappa shape index (κ3) is 2.60. The van der Waals surface area contributed by atoms with Gasteiger partial charge >= 0.3 is 0 Å². The van der Waals surface area contributed by atoms with Crippen LogP contribution in [0.2, 0.25) is 0 Å². The lowest BCUT2D eigenvalue weighted by Gasteiger charge is -2.45. The van der Waals surface area contributed by atoms with E-state index in [1.54, 1.807) is 6.92 Å². The van der Waals surface area contributed by atoms with Crippen LogP contribution in [0.15, 0.2) is 30.3 Å². The van der Waals surface area contributed by atoms with Gasteiger partial charge in [-0.15, -0.1) is 0 Å². The van der Waals surface area contributed by atoms with Crippen molar-refractivity contribution in [2.24, 2.45) is 0 Å². The molecule has 1 aromatic rings. The number of alkyl halides is 1. The maximum Gasteiger partial charge on any atom is 0.155 e. The van der Waals surface area contributed by atoms with Crippen molar-refractivity contribution in [3.8, 4) is 0 Å². The van der Waals surface area contributed by atoms with Crippen molar-refractivity contribution >= 4 is 15.9 Å². The fraction of sp³-hybridized carbons (Fsp3) is 0.538. The lowest BCUT2D eigenvalue weighted by atomic mass is 9.92. The Morgan fingerprint density at radius 1 is 1.17 bits per heavy atom. The van der Waals surface area contributed by atoms with E-state index in [4.69, 9.17) is 4.74 Å². The Hall–Kier alpha value is -0.460. The molecule has 1 fully saturated rings. The molecule has 0 spiro atoms. The Kier molecular flexibility index (Phi) is 4.08. The van der Waals surface area contributed by atoms with Gasteiger partial charge in [-0.1, -0.05) is 46.3 Å². The SMILES string of the molecule is C[C@H]1OC(Br)(Cc2ccccc2)[C@H](O)[C@@H](O)[C@H]1O. The fourth-order valence-electron chi connectivity index (χ4n) is 2.19. The number of aliphatic hydroxyl groups is 3. The summed E-state index contributed by atoms with van der Waals surface area (Å²) in [7, 11) is 0. The number of benzene rings is 1. The van der Waals surface area contributed by atoms with Gasteiger partial charge < -0.3 is 20.1 Å². The molecule has 0 saturated carbocycles. The molecular weight excluding hydrogens is 300 g/mol. The Balaban J connectivity index is 2.19. The van der Waals surface area contributed by atoms with Crippen LogP contribution in [0.25, 0.3) is 0 Å². The molecule has 100 valence electrons. The van der Waals surface area contributed by atoms with Crippen LogP contribution < -0.4 is 0 Å². The quantitative estimate of drug-likeness (QED) is 0.707. The number of hydrogen-bond acceptors (Lipinski definition) is 4. The van der Waals surface area contributed by atoms with Gasteiger partial charge in [0.1, 0.15) is 18.3 Å². The summed E-state index contributed by atoms with van der Waals surface area (Å²) in [5.41, 5.74) is 0.976. The van der Waals surface area contributed by atoms with Crippen LogP contribution in [-0.2, 0) is 11.2 Å². The van der Waals surface area contributed by atoms with Crippen LogP contribution >= 0.6 is 15.9 Å². The second-order valence-corrected chi connectivity index (χ2v) is 6.04. The van der Waals surface area contributed by atoms with E-state index >= 15 is 0 Å². The molecule has 1 aliphatic heterocycles. The average molecular weight is 317 g/mol. The lowest BCUT2D eigenvalue weighted by Crippen LogP contribution is -2.61. The molecule has 4 nitrogen and oxygen atoms in total. The average Bonchev–Trinajstić information content (AvgIpc) is 2.35. The van der Waals surface area contributed by atoms with E-state index in [1.165, 1.54) is 0 Å². The maximum absolute atomic E-state index is 10.1. The molecule has 0 radical (unpaired) electrons. The summed E-state index contributed by atoms with van der Waals surface area (Å²) in [6.07, 6.45) is -3.64. The maximum atomic E-state index is 10.1. The molecular formula is C13H17BrO4. The van der Waals surface area contributed by atoms with E-state index in [9.17, 15) is 15.3 Å². The molecule has 1 aromatic carbocycles. The summed E-state index contributed by atoms with van der Waals surface area (Å²) < 4.78 is 4.55. The topological polar surface area (TPSA) is 69.9 Å². The molecule has 3 N–H and O–H groups in total. The zero-order valence-corrected chi connectivity index (χ0v) is 11.6. The summed E-state index contributed by atoms with van der Waals surface area (Å²) in [5, 5.41) is 29.5. The van der Waals surface area contributed by atoms with Crippen LogP contribution in [0.3, 0.4) is 0 Å². The van der Waals surface area contributed by atoms with E-state index < -0.39 is 28.9 Å². The van der Waals surface area contributed by atoms with Crippen molar-refractivity contribution in [2.45, 2.75) is 42.3 Å². The van der Waals surface area contributed by atoms with Crippen LogP contribution in [0.5, 0.6) is 0 Å². The molecule has 1 unspecified atom stereocenters. The van der Waals surface area contributed by atoms with Crippen molar-refractivity contribution in [1.82, 2.24) is 0 Å². The minimum Gasteiger partial charge on any atom is -0.388 e. The van der Waals surface area contributed by atoms with Crippen molar-refractivity contribution in [3.05, 3.63) is 35.9 Å². The van der Waals surface area contributed by atoms with Crippen molar-refractivity contribution in [2.75, 3.05) is 0 Å². The zero-order valence-electron chi connectivity index (χ0n) is 10.0. The first-order valence-corrected chi connectivity index (χ1v) is 6.68. The second kappa shape index (κ2) is 5.27. The minimum atomic E-state index is -1.23. The Bertz CT molecular complexity index is 399. The fourth-order valence-corrected chi connectivity index (χ4v) is 3.08. The van der Waals surface area contributed by atoms with E-state index in [0.29, 0.717) is 6.42 Å². The van der Waals surface area contributed by atoms with Crippen LogP contribution in [0.4, 0.5) is 0 Å². The van der Waals surface area contributed by atoms with E-state index in [2.05, 4.69) is 15.9 Å². The van der Waals surface area contributed by atoms with E-state index in [0.717, 1.165) is 5.56 Å². The highest BCUT2D eigenvalue weighted by molar-refractivity contribution is 9.10. The number of hydrogen-bond donors (Lipinski definition) is 3. The summed E-state index contributed by atoms with van der Waals surface area (Å²) in [4.78, 5) is 0. The third-order valence-electron chi connectivity index (χ3n) is 3.27. The zero-order chi connectivity index (χ0) is 13.3. The summed E-state index contributed by atoms with van der Waals surface area (Å²) in [6, 6.07) is 9.54. The lowest BCUT2D eigenvalue weighted by molar-refractivity contribution is -0.227. The highest BCUT2D eigenvalue weighted by atomic mass is 79.9. The highest BCUT2D eigenvalue weighted by Gasteiger charge is 2.50. The Morgan fingerprint density at radius 3 is 2.39 bits per heavy atom. The van der Waals surface area contributed by atoms with Gasteiger partial charge in [0, 0.05) is 6.42 Å². The number of aliphatic hydroxyl groups excluding tert-OH is 3. The predicted octanol–water partition coefficient (Wildman–Crippen LogP) is 0.822. The molecule has 18 heavy (non-hydrogen) atoms. The molecule has 1 heterocycles. The second-order valence-electron chi connectivity index (χ2n) is 4.70. The molecule has 0 aromatic heterocycles. The van der Waals surface area contributed by atoms with Gasteiger partial charge in [-0.2, -0.15) is 0 Å². The first kappa shape index (κ1) is 14.0. The monoisotopic (exact) mass is 316 g/mol. The highest BCUT2D eigenvalue weighted by Crippen LogP contribution is 2.37. The van der Waals surface area contributed by atoms with Gasteiger partial charge in [0.2, 0.25) is 0 Å². The molecule has 5 heteroatoms. The molecule has 1 saturated heterocycles. The first-order valence-electron chi connectivity index (χ1n) is 5.89. The van der Waals surface area contributed by atoms with Gasteiger partial charge in [0.05, 0.1) is 6.10 Å². The molecule has 1 aliphatic rings. The van der Waals surface area contributed by atoms with Gasteiger partial charge in [-0.25, -0.2) is 0 Å². The number of halogens is 1. The summed E-state index contributed by atoms with van der Waals surface area (Å²) in [6.45, 7) is 1.67. The standard InChI is InChI=1S/C13H17BrO4/c1-8-10(15)11(16)12(17)13(14,18-8)7-9-5-3-2-4-6-9/h2-6,8,10-12,15-17H,7H2,1H3/t8-,10+,11+,12-,13?/m1/s1. The van der Waals surface area contributed by atoms with Crippen LogP contribution in [0, 0.1) is 0 Å². The van der Waals surface area contributed by atoms with E-state index in [1.807, 2.05) is 30.3 Å². The molecule has 0 amide bonds. The Labute approximate surface area is 114 Å². The van der Waals surface area contributed by atoms with Gasteiger partial charge in [-0.05, 0) is 12.5 Å². The molecule has 5 atom stereocenters. The minimum absolute atomic E-state index is 0.406. The third-order valence-corrected chi connectivity index (χ3v) is 4.20. The smallest absolute Gasteiger partial charge is 0.155 e. The van der Waals surface area contributed by atoms with Crippen molar-refractivity contribution in [1.29, 1.82) is 0 Å². The normalized spacial score (nSPS) is 40.7. The van der Waals surface area contributed by atoms with Gasteiger partial charge in [-0.3, -0.25) is 0 Å². The van der Waals surface area contributed by atoms with Crippen LogP contribution in [0.1, 0.15) is 12.5 Å². The summed E-state index contributed by atoms with van der Waals surface area (Å²) in [5.74, 6) is 0. The molecule has 0 aliphatic carbocycles. The van der Waals surface area contributed by atoms with Crippen molar-refractivity contribution in [3.63, 3.8) is 0 Å². The molecule has 2 rings (SSSR count). The van der Waals surface area contributed by atoms with Crippen molar-refractivity contribution < 1.29 is 20.1 Å². The largest absolute Gasteiger partial charge is 0.388 e. The molecule has 0 bridgehead atoms. The number of rotatable bonds is 2. The number of ether oxygens (including phenoxy) is 1. The van der Waals surface area contributed by atoms with Gasteiger partial charge in [0.15, 0.2) is 4.51 Å². The van der Waals surface area contributed by atoms with E-state index in [-0.39, 0.29) is 0 Å². The Morgan fingerprint density at radius 2 is 1.78 bits per heavy atom. The predicted molar refractivity (Wildman–Crippen MR) is 70.4 cm³/mol.